The molecule has 3 amide bonds. The number of anilines is 2. The molecule has 3 aromatic rings. The van der Waals surface area contributed by atoms with E-state index in [1.165, 1.54) is 17.3 Å². The number of methoxy groups -OCH3 is 2. The second-order valence-corrected chi connectivity index (χ2v) is 11.8. The van der Waals surface area contributed by atoms with Crippen molar-refractivity contribution in [3.05, 3.63) is 83.4 Å². The third-order valence-electron chi connectivity index (χ3n) is 7.15. The van der Waals surface area contributed by atoms with E-state index in [9.17, 15) is 9.59 Å². The summed E-state index contributed by atoms with van der Waals surface area (Å²) in [6.45, 7) is 7.41. The molecule has 0 aromatic heterocycles. The summed E-state index contributed by atoms with van der Waals surface area (Å²) in [6.07, 6.45) is 0. The molecule has 1 spiro atoms. The predicted molar refractivity (Wildman–Crippen MR) is 152 cm³/mol. The van der Waals surface area contributed by atoms with Crippen molar-refractivity contribution in [2.45, 2.75) is 37.6 Å². The van der Waals surface area contributed by atoms with Gasteiger partial charge in [-0.05, 0) is 59.0 Å². The minimum absolute atomic E-state index is 0.0490. The number of nitrogens with one attached hydrogen (secondary N) is 1. The van der Waals surface area contributed by atoms with Crippen molar-refractivity contribution in [1.29, 1.82) is 0 Å². The normalized spacial score (nSPS) is 18.6. The third-order valence-corrected chi connectivity index (χ3v) is 8.57. The summed E-state index contributed by atoms with van der Waals surface area (Å²) in [5.41, 5.74) is 4.53. The molecule has 0 saturated carbocycles. The van der Waals surface area contributed by atoms with Gasteiger partial charge in [0, 0.05) is 23.5 Å². The van der Waals surface area contributed by atoms with Gasteiger partial charge in [0.1, 0.15) is 11.5 Å². The first-order valence-corrected chi connectivity index (χ1v) is 13.6. The molecule has 1 saturated heterocycles. The summed E-state index contributed by atoms with van der Waals surface area (Å²) in [4.78, 5) is 30.2. The fourth-order valence-corrected chi connectivity index (χ4v) is 6.49. The Kier molecular flexibility index (Phi) is 6.77. The van der Waals surface area contributed by atoms with Gasteiger partial charge in [-0.3, -0.25) is 9.69 Å². The van der Waals surface area contributed by atoms with Crippen molar-refractivity contribution in [2.75, 3.05) is 36.7 Å². The van der Waals surface area contributed by atoms with Crippen LogP contribution in [0.15, 0.2) is 66.7 Å². The third kappa shape index (κ3) is 4.47. The molecule has 0 bridgehead atoms. The molecule has 3 aromatic carbocycles. The maximum atomic E-state index is 14.3. The van der Waals surface area contributed by atoms with Crippen molar-refractivity contribution >= 4 is 35.1 Å². The van der Waals surface area contributed by atoms with Crippen LogP contribution in [-0.4, -0.2) is 43.4 Å². The zero-order valence-corrected chi connectivity index (χ0v) is 23.2. The molecule has 2 aliphatic heterocycles. The van der Waals surface area contributed by atoms with Crippen LogP contribution in [0.2, 0.25) is 0 Å². The number of carbonyl (C=O) groups is 2. The van der Waals surface area contributed by atoms with E-state index in [1.54, 1.807) is 48.3 Å². The maximum Gasteiger partial charge on any atom is 0.323 e. The number of ether oxygens (including phenoxy) is 2. The van der Waals surface area contributed by atoms with E-state index in [4.69, 9.17) is 9.47 Å². The van der Waals surface area contributed by atoms with Crippen LogP contribution in [0.3, 0.4) is 0 Å². The number of amides is 3. The molecule has 8 heteroatoms. The highest BCUT2D eigenvalue weighted by Crippen LogP contribution is 2.55. The summed E-state index contributed by atoms with van der Waals surface area (Å²) >= 11 is 1.49. The average molecular weight is 532 g/mol. The maximum absolute atomic E-state index is 14.3. The van der Waals surface area contributed by atoms with E-state index in [2.05, 4.69) is 50.4 Å². The average Bonchev–Trinajstić information content (AvgIpc) is 3.46. The first-order chi connectivity index (χ1) is 18.2. The number of urea groups is 1. The number of rotatable bonds is 5. The van der Waals surface area contributed by atoms with Crippen LogP contribution >= 0.6 is 11.8 Å². The molecule has 7 nitrogen and oxygen atoms in total. The molecule has 1 N–H and O–H groups in total. The van der Waals surface area contributed by atoms with Crippen molar-refractivity contribution < 1.29 is 19.1 Å². The first kappa shape index (κ1) is 26.0. The SMILES string of the molecule is COc1ccc(NC(=O)N2CCS[C@@]23C(=O)N(Cc2ccc(C(C)(C)C)cc2)c2ccc(OC)cc23)cc1. The number of thioether (sulfide) groups is 1. The lowest BCUT2D eigenvalue weighted by molar-refractivity contribution is -0.123. The van der Waals surface area contributed by atoms with Crippen molar-refractivity contribution in [3.8, 4) is 11.5 Å². The molecule has 0 unspecified atom stereocenters. The summed E-state index contributed by atoms with van der Waals surface area (Å²) in [7, 11) is 3.20. The fraction of sp³-hybridized carbons (Fsp3) is 0.333. The van der Waals surface area contributed by atoms with E-state index in [-0.39, 0.29) is 17.4 Å². The largest absolute Gasteiger partial charge is 0.497 e. The number of nitrogens with zero attached hydrogens (tertiary/aromatic N) is 2. The molecule has 38 heavy (non-hydrogen) atoms. The highest BCUT2D eigenvalue weighted by Gasteiger charge is 2.59. The second kappa shape index (κ2) is 9.91. The summed E-state index contributed by atoms with van der Waals surface area (Å²) < 4.78 is 10.7. The van der Waals surface area contributed by atoms with Gasteiger partial charge >= 0.3 is 6.03 Å². The van der Waals surface area contributed by atoms with Gasteiger partial charge in [0.2, 0.25) is 0 Å². The molecule has 0 aliphatic carbocycles. The van der Waals surface area contributed by atoms with Gasteiger partial charge in [-0.2, -0.15) is 0 Å². The van der Waals surface area contributed by atoms with E-state index in [0.29, 0.717) is 36.0 Å². The number of fused-ring (bicyclic) bond motifs is 2. The van der Waals surface area contributed by atoms with Crippen LogP contribution < -0.4 is 19.7 Å². The molecule has 198 valence electrons. The Morgan fingerprint density at radius 3 is 2.26 bits per heavy atom. The van der Waals surface area contributed by atoms with Crippen LogP contribution in [0, 0.1) is 0 Å². The standard InChI is InChI=1S/C30H33N3O4S/c1-29(2,3)21-8-6-20(7-9-21)19-32-26-15-14-24(37-5)18-25(26)30(27(32)34)33(16-17-38-30)28(35)31-22-10-12-23(36-4)13-11-22/h6-15,18H,16-17,19H2,1-5H3,(H,31,35)/t30-/m0/s1. The van der Waals surface area contributed by atoms with Crippen molar-refractivity contribution in [3.63, 3.8) is 0 Å². The summed E-state index contributed by atoms with van der Waals surface area (Å²) in [6, 6.07) is 20.9. The lowest BCUT2D eigenvalue weighted by Crippen LogP contribution is -2.51. The Morgan fingerprint density at radius 2 is 1.63 bits per heavy atom. The Bertz CT molecular complexity index is 1350. The number of hydrogen-bond donors (Lipinski definition) is 1. The molecule has 1 fully saturated rings. The lowest BCUT2D eigenvalue weighted by atomic mass is 9.87. The fourth-order valence-electron chi connectivity index (χ4n) is 5.04. The van der Waals surface area contributed by atoms with Gasteiger partial charge in [0.25, 0.3) is 5.91 Å². The summed E-state index contributed by atoms with van der Waals surface area (Å²) in [5.74, 6) is 1.88. The highest BCUT2D eigenvalue weighted by atomic mass is 32.2. The molecule has 1 atom stereocenters. The highest BCUT2D eigenvalue weighted by molar-refractivity contribution is 8.01. The van der Waals surface area contributed by atoms with E-state index < -0.39 is 4.87 Å². The van der Waals surface area contributed by atoms with Gasteiger partial charge in [0.05, 0.1) is 26.5 Å². The Hall–Kier alpha value is -3.65. The molecule has 5 rings (SSSR count). The van der Waals surface area contributed by atoms with Crippen LogP contribution in [0.25, 0.3) is 0 Å². The Balaban J connectivity index is 1.49. The predicted octanol–water partition coefficient (Wildman–Crippen LogP) is 5.98. The Morgan fingerprint density at radius 1 is 0.974 bits per heavy atom. The minimum atomic E-state index is -1.16. The Labute approximate surface area is 228 Å². The number of carbonyl (C=O) groups excluding carboxylic acids is 2. The smallest absolute Gasteiger partial charge is 0.323 e. The van der Waals surface area contributed by atoms with Crippen LogP contribution in [-0.2, 0) is 21.6 Å². The van der Waals surface area contributed by atoms with E-state index in [0.717, 1.165) is 16.8 Å². The van der Waals surface area contributed by atoms with Crippen LogP contribution in [0.1, 0.15) is 37.5 Å². The van der Waals surface area contributed by atoms with Gasteiger partial charge < -0.3 is 19.7 Å². The van der Waals surface area contributed by atoms with Crippen LogP contribution in [0.4, 0.5) is 16.2 Å². The quantitative estimate of drug-likeness (QED) is 0.439. The molecule has 0 radical (unpaired) electrons. The van der Waals surface area contributed by atoms with E-state index >= 15 is 0 Å². The van der Waals surface area contributed by atoms with Crippen molar-refractivity contribution in [1.82, 2.24) is 4.90 Å². The zero-order chi connectivity index (χ0) is 27.1. The number of benzene rings is 3. The topological polar surface area (TPSA) is 71.1 Å². The van der Waals surface area contributed by atoms with Gasteiger partial charge in [0.15, 0.2) is 4.87 Å². The zero-order valence-electron chi connectivity index (χ0n) is 22.4. The minimum Gasteiger partial charge on any atom is -0.497 e. The van der Waals surface area contributed by atoms with Gasteiger partial charge in [-0.15, -0.1) is 11.8 Å². The second-order valence-electron chi connectivity index (χ2n) is 10.5. The first-order valence-electron chi connectivity index (χ1n) is 12.6. The van der Waals surface area contributed by atoms with Crippen molar-refractivity contribution in [2.24, 2.45) is 0 Å². The summed E-state index contributed by atoms with van der Waals surface area (Å²) in [5, 5.41) is 2.97. The van der Waals surface area contributed by atoms with Gasteiger partial charge in [-0.1, -0.05) is 45.0 Å². The van der Waals surface area contributed by atoms with Gasteiger partial charge in [-0.25, -0.2) is 4.79 Å². The van der Waals surface area contributed by atoms with Crippen LogP contribution in [0.5, 0.6) is 11.5 Å². The molecule has 2 heterocycles. The molecular formula is C30H33N3O4S. The molecular weight excluding hydrogens is 498 g/mol. The lowest BCUT2D eigenvalue weighted by Gasteiger charge is -2.33. The molecule has 2 aliphatic rings. The monoisotopic (exact) mass is 531 g/mol. The number of hydrogen-bond acceptors (Lipinski definition) is 5. The van der Waals surface area contributed by atoms with E-state index in [1.807, 2.05) is 18.2 Å².